The number of aryl methyl sites for hydroxylation is 1. The summed E-state index contributed by atoms with van der Waals surface area (Å²) in [5.74, 6) is 0.325. The first-order chi connectivity index (χ1) is 17.5. The van der Waals surface area contributed by atoms with E-state index in [9.17, 15) is 10.1 Å². The first-order valence-electron chi connectivity index (χ1n) is 11.8. The van der Waals surface area contributed by atoms with Crippen LogP contribution in [0.15, 0.2) is 43.1 Å². The lowest BCUT2D eigenvalue weighted by atomic mass is 9.85. The predicted octanol–water partition coefficient (Wildman–Crippen LogP) is 1.02. The molecule has 2 saturated heterocycles. The molecule has 1 unspecified atom stereocenters. The maximum absolute atomic E-state index is 12.5. The molecular weight excluding hydrogens is 458 g/mol. The fourth-order valence-corrected chi connectivity index (χ4v) is 4.95. The lowest BCUT2D eigenvalue weighted by Gasteiger charge is -2.56. The van der Waals surface area contributed by atoms with Crippen LogP contribution in [0, 0.1) is 22.7 Å². The molecule has 0 saturated carbocycles. The summed E-state index contributed by atoms with van der Waals surface area (Å²) >= 11 is 0. The number of hydrogen-bond acceptors (Lipinski definition) is 9. The van der Waals surface area contributed by atoms with Crippen LogP contribution < -0.4 is 10.6 Å². The van der Waals surface area contributed by atoms with E-state index in [0.29, 0.717) is 45.1 Å². The van der Waals surface area contributed by atoms with Crippen LogP contribution >= 0.6 is 0 Å². The van der Waals surface area contributed by atoms with Crippen LogP contribution in [0.1, 0.15) is 12.8 Å². The third-order valence-corrected chi connectivity index (χ3v) is 6.74. The van der Waals surface area contributed by atoms with E-state index >= 15 is 0 Å². The van der Waals surface area contributed by atoms with Crippen LogP contribution in [0.4, 0.5) is 11.6 Å². The van der Waals surface area contributed by atoms with Gasteiger partial charge in [-0.25, -0.2) is 9.97 Å². The summed E-state index contributed by atoms with van der Waals surface area (Å²) in [4.78, 5) is 25.4. The minimum absolute atomic E-state index is 0.120. The largest absolute Gasteiger partial charge is 0.344 e. The van der Waals surface area contributed by atoms with Gasteiger partial charge in [0.25, 0.3) is 0 Å². The molecule has 0 bridgehead atoms. The smallest absolute Gasteiger partial charge is 0.238 e. The molecular formula is C24H27N11O. The van der Waals surface area contributed by atoms with Gasteiger partial charge in [-0.1, -0.05) is 0 Å². The first-order valence-corrected chi connectivity index (χ1v) is 11.8. The monoisotopic (exact) mass is 485 g/mol. The van der Waals surface area contributed by atoms with Gasteiger partial charge in [0.2, 0.25) is 11.9 Å². The summed E-state index contributed by atoms with van der Waals surface area (Å²) in [5, 5.41) is 29.2. The highest BCUT2D eigenvalue weighted by Gasteiger charge is 2.49. The summed E-state index contributed by atoms with van der Waals surface area (Å²) in [6.45, 7) is 3.19. The van der Waals surface area contributed by atoms with Crippen molar-refractivity contribution in [3.05, 3.63) is 43.1 Å². The number of anilines is 2. The van der Waals surface area contributed by atoms with Gasteiger partial charge in [0, 0.05) is 70.1 Å². The summed E-state index contributed by atoms with van der Waals surface area (Å²) < 4.78 is 3.79. The quantitative estimate of drug-likeness (QED) is 0.501. The number of hydrogen-bond donors (Lipinski definition) is 2. The van der Waals surface area contributed by atoms with Crippen molar-refractivity contribution in [2.75, 3.05) is 38.0 Å². The summed E-state index contributed by atoms with van der Waals surface area (Å²) in [6.07, 6.45) is 9.36. The zero-order chi connectivity index (χ0) is 25.1. The van der Waals surface area contributed by atoms with Gasteiger partial charge < -0.3 is 20.1 Å². The number of carbonyl (C=O) groups excluding carboxylic acids is 1. The number of piperazine rings is 1. The number of likely N-dealkylation sites (tertiary alicyclic amines) is 1. The highest BCUT2D eigenvalue weighted by molar-refractivity contribution is 5.78. The fourth-order valence-electron chi connectivity index (χ4n) is 4.95. The number of amides is 1. The van der Waals surface area contributed by atoms with Crippen LogP contribution in [0.25, 0.3) is 11.3 Å². The third-order valence-electron chi connectivity index (χ3n) is 6.74. The highest BCUT2D eigenvalue weighted by atomic mass is 16.2. The molecule has 3 aromatic heterocycles. The molecule has 5 heterocycles. The molecule has 5 rings (SSSR count). The molecule has 12 heteroatoms. The van der Waals surface area contributed by atoms with Gasteiger partial charge in [0.05, 0.1) is 47.8 Å². The molecule has 2 N–H and O–H groups in total. The molecule has 2 aliphatic rings. The molecule has 1 atom stereocenters. The van der Waals surface area contributed by atoms with Crippen molar-refractivity contribution in [2.24, 2.45) is 7.05 Å². The normalized spacial score (nSPS) is 19.2. The molecule has 0 aliphatic carbocycles. The predicted molar refractivity (Wildman–Crippen MR) is 130 cm³/mol. The van der Waals surface area contributed by atoms with E-state index < -0.39 is 5.54 Å². The van der Waals surface area contributed by atoms with Gasteiger partial charge >= 0.3 is 0 Å². The topological polar surface area (TPSA) is 144 Å². The number of aromatic nitrogens is 5. The standard InChI is InChI=1S/C24H27N11O/c1-32-15-19(12-29-32)30-23-28-8-3-20(31-23)18-4-10-34(14-18)24(5-7-26)16-33(17-24)21-13-27-9-11-35(21)22(36)2-6-25/h3-4,8,10,12,14-15,21,27H,2,5,9,11,13,16-17H2,1H3,(H,28,30,31). The van der Waals surface area contributed by atoms with E-state index in [1.54, 1.807) is 22.0 Å². The minimum atomic E-state index is -0.391. The van der Waals surface area contributed by atoms with Crippen LogP contribution in [-0.4, -0.2) is 78.9 Å². The van der Waals surface area contributed by atoms with Gasteiger partial charge in [0.1, 0.15) is 6.42 Å². The number of nitrogens with one attached hydrogen (secondary N) is 2. The van der Waals surface area contributed by atoms with Crippen molar-refractivity contribution in [3.63, 3.8) is 0 Å². The van der Waals surface area contributed by atoms with Crippen molar-refractivity contribution in [1.82, 2.24) is 39.4 Å². The Morgan fingerprint density at radius 1 is 1.28 bits per heavy atom. The molecule has 12 nitrogen and oxygen atoms in total. The lowest BCUT2D eigenvalue weighted by molar-refractivity contribution is -0.145. The van der Waals surface area contributed by atoms with Crippen molar-refractivity contribution in [1.29, 1.82) is 10.5 Å². The average Bonchev–Trinajstić information content (AvgIpc) is 3.51. The van der Waals surface area contributed by atoms with E-state index in [0.717, 1.165) is 16.9 Å². The first kappa shape index (κ1) is 23.5. The lowest BCUT2D eigenvalue weighted by Crippen LogP contribution is -2.71. The van der Waals surface area contributed by atoms with Gasteiger partial charge in [-0.15, -0.1) is 0 Å². The Morgan fingerprint density at radius 3 is 2.89 bits per heavy atom. The third kappa shape index (κ3) is 4.52. The Kier molecular flexibility index (Phi) is 6.38. The van der Waals surface area contributed by atoms with E-state index in [1.807, 2.05) is 43.8 Å². The van der Waals surface area contributed by atoms with Gasteiger partial charge in [-0.05, 0) is 12.1 Å². The summed E-state index contributed by atoms with van der Waals surface area (Å²) in [6, 6.07) is 8.15. The fraction of sp³-hybridized carbons (Fsp3) is 0.417. The zero-order valence-electron chi connectivity index (χ0n) is 20.0. The second-order valence-corrected chi connectivity index (χ2v) is 9.17. The molecule has 36 heavy (non-hydrogen) atoms. The molecule has 2 aliphatic heterocycles. The van der Waals surface area contributed by atoms with Gasteiger partial charge in [0.15, 0.2) is 0 Å². The maximum Gasteiger partial charge on any atom is 0.238 e. The number of rotatable bonds is 7. The summed E-state index contributed by atoms with van der Waals surface area (Å²) in [5.41, 5.74) is 2.10. The van der Waals surface area contributed by atoms with Crippen LogP contribution in [-0.2, 0) is 17.4 Å². The highest BCUT2D eigenvalue weighted by Crippen LogP contribution is 2.36. The van der Waals surface area contributed by atoms with Crippen LogP contribution in [0.2, 0.25) is 0 Å². The molecule has 0 radical (unpaired) electrons. The Hall–Kier alpha value is -4.26. The Labute approximate surface area is 208 Å². The van der Waals surface area contributed by atoms with E-state index in [1.165, 1.54) is 0 Å². The van der Waals surface area contributed by atoms with Crippen molar-refractivity contribution in [3.8, 4) is 23.4 Å². The van der Waals surface area contributed by atoms with Crippen molar-refractivity contribution >= 4 is 17.5 Å². The number of carbonyl (C=O) groups is 1. The van der Waals surface area contributed by atoms with E-state index in [4.69, 9.17) is 5.26 Å². The Bertz CT molecular complexity index is 1320. The molecule has 2 fully saturated rings. The molecule has 3 aromatic rings. The van der Waals surface area contributed by atoms with Crippen molar-refractivity contribution in [2.45, 2.75) is 24.5 Å². The number of nitrogens with zero attached hydrogens (tertiary/aromatic N) is 9. The van der Waals surface area contributed by atoms with E-state index in [2.05, 4.69) is 41.2 Å². The second-order valence-electron chi connectivity index (χ2n) is 9.17. The van der Waals surface area contributed by atoms with Crippen molar-refractivity contribution < 1.29 is 4.79 Å². The van der Waals surface area contributed by atoms with E-state index in [-0.39, 0.29) is 18.5 Å². The zero-order valence-corrected chi connectivity index (χ0v) is 20.0. The second kappa shape index (κ2) is 9.77. The Balaban J connectivity index is 1.32. The SMILES string of the molecule is Cn1cc(Nc2nccc(-c3ccn(C4(CC#N)CN(C5CNCCN5C(=O)CC#N)C4)c3)n2)cn1. The van der Waals surface area contributed by atoms with Gasteiger partial charge in [-0.3, -0.25) is 14.4 Å². The Morgan fingerprint density at radius 2 is 2.14 bits per heavy atom. The molecule has 1 amide bonds. The molecule has 0 aromatic carbocycles. The summed E-state index contributed by atoms with van der Waals surface area (Å²) in [7, 11) is 1.84. The van der Waals surface area contributed by atoms with Gasteiger partial charge in [-0.2, -0.15) is 15.6 Å². The number of nitriles is 2. The van der Waals surface area contributed by atoms with Crippen LogP contribution in [0.5, 0.6) is 0 Å². The maximum atomic E-state index is 12.5. The minimum Gasteiger partial charge on any atom is -0.344 e. The molecule has 0 spiro atoms. The molecule has 184 valence electrons. The average molecular weight is 486 g/mol. The van der Waals surface area contributed by atoms with Crippen LogP contribution in [0.3, 0.4) is 0 Å².